The average molecular weight is 312 g/mol. The summed E-state index contributed by atoms with van der Waals surface area (Å²) in [5.74, 6) is 0.293. The van der Waals surface area contributed by atoms with Gasteiger partial charge in [0.25, 0.3) is 0 Å². The van der Waals surface area contributed by atoms with Gasteiger partial charge in [0.1, 0.15) is 0 Å². The summed E-state index contributed by atoms with van der Waals surface area (Å²) < 4.78 is 0. The fourth-order valence-corrected chi connectivity index (χ4v) is 3.83. The summed E-state index contributed by atoms with van der Waals surface area (Å²) in [4.78, 5) is 1.07. The van der Waals surface area contributed by atoms with E-state index in [1.807, 2.05) is 23.6 Å². The van der Waals surface area contributed by atoms with E-state index >= 15 is 0 Å². The molecular weight excluding hydrogens is 301 g/mol. The molecule has 19 heavy (non-hydrogen) atoms. The Morgan fingerprint density at radius 3 is 2.79 bits per heavy atom. The summed E-state index contributed by atoms with van der Waals surface area (Å²) in [6.07, 6.45) is 1.69. The van der Waals surface area contributed by atoms with Crippen LogP contribution >= 0.6 is 34.5 Å². The topological polar surface area (TPSA) is 32.6 Å². The highest BCUT2D eigenvalue weighted by Gasteiger charge is 2.27. The Hall–Kier alpha value is -1.03. The quantitative estimate of drug-likeness (QED) is 0.572. The van der Waals surface area contributed by atoms with Crippen LogP contribution in [0.1, 0.15) is 34.8 Å². The number of halogens is 2. The normalized spacial score (nSPS) is 20.5. The zero-order valence-electron chi connectivity index (χ0n) is 9.94. The highest BCUT2D eigenvalue weighted by molar-refractivity contribution is 7.12. The summed E-state index contributed by atoms with van der Waals surface area (Å²) in [6, 6.07) is 7.87. The monoisotopic (exact) mass is 311 g/mol. The largest absolute Gasteiger partial charge is 0.411 e. The molecule has 1 aromatic carbocycles. The molecule has 1 aliphatic rings. The summed E-state index contributed by atoms with van der Waals surface area (Å²) in [5.41, 5.74) is 3.15. The third-order valence-corrected chi connectivity index (χ3v) is 5.19. The fraction of sp³-hybridized carbons (Fsp3) is 0.214. The Morgan fingerprint density at radius 1 is 1.21 bits per heavy atom. The van der Waals surface area contributed by atoms with E-state index in [1.54, 1.807) is 11.3 Å². The first kappa shape index (κ1) is 13.0. The number of hydrogen-bond acceptors (Lipinski definition) is 3. The van der Waals surface area contributed by atoms with E-state index in [4.69, 9.17) is 28.4 Å². The molecule has 1 N–H and O–H groups in total. The molecule has 0 radical (unpaired) electrons. The van der Waals surface area contributed by atoms with E-state index in [0.717, 1.165) is 29.0 Å². The second-order valence-corrected chi connectivity index (χ2v) is 6.25. The zero-order valence-corrected chi connectivity index (χ0v) is 12.3. The first-order chi connectivity index (χ1) is 9.20. The molecule has 0 spiro atoms. The maximum absolute atomic E-state index is 9.05. The molecule has 98 valence electrons. The van der Waals surface area contributed by atoms with Gasteiger partial charge in [0.15, 0.2) is 0 Å². The average Bonchev–Trinajstić information content (AvgIpc) is 2.90. The zero-order chi connectivity index (χ0) is 13.4. The smallest absolute Gasteiger partial charge is 0.0970 e. The van der Waals surface area contributed by atoms with Crippen molar-refractivity contribution in [3.8, 4) is 0 Å². The van der Waals surface area contributed by atoms with Crippen molar-refractivity contribution in [2.24, 2.45) is 5.16 Å². The van der Waals surface area contributed by atoms with Gasteiger partial charge in [-0.3, -0.25) is 0 Å². The minimum absolute atomic E-state index is 0.293. The third kappa shape index (κ3) is 2.27. The Balaban J connectivity index is 2.06. The summed E-state index contributed by atoms with van der Waals surface area (Å²) >= 11 is 13.7. The Morgan fingerprint density at radius 2 is 2.05 bits per heavy atom. The van der Waals surface area contributed by atoms with Gasteiger partial charge in [0.2, 0.25) is 0 Å². The van der Waals surface area contributed by atoms with Crippen molar-refractivity contribution in [2.75, 3.05) is 0 Å². The van der Waals surface area contributed by atoms with Crippen molar-refractivity contribution in [2.45, 2.75) is 18.8 Å². The van der Waals surface area contributed by atoms with Gasteiger partial charge in [-0.2, -0.15) is 0 Å². The molecule has 1 aromatic heterocycles. The molecule has 0 amide bonds. The van der Waals surface area contributed by atoms with Gasteiger partial charge in [-0.05, 0) is 47.5 Å². The van der Waals surface area contributed by atoms with Crippen LogP contribution in [0.3, 0.4) is 0 Å². The van der Waals surface area contributed by atoms with Crippen molar-refractivity contribution in [1.82, 2.24) is 0 Å². The number of rotatable bonds is 1. The lowest BCUT2D eigenvalue weighted by Gasteiger charge is -2.23. The van der Waals surface area contributed by atoms with Crippen LogP contribution in [-0.2, 0) is 0 Å². The lowest BCUT2D eigenvalue weighted by Crippen LogP contribution is -2.15. The second kappa shape index (κ2) is 5.16. The molecule has 0 aliphatic heterocycles. The molecule has 0 fully saturated rings. The first-order valence-electron chi connectivity index (χ1n) is 5.94. The van der Waals surface area contributed by atoms with E-state index in [9.17, 15) is 0 Å². The lowest BCUT2D eigenvalue weighted by atomic mass is 9.82. The van der Waals surface area contributed by atoms with Crippen molar-refractivity contribution in [1.29, 1.82) is 0 Å². The van der Waals surface area contributed by atoms with E-state index in [2.05, 4.69) is 11.2 Å². The molecule has 1 atom stereocenters. The van der Waals surface area contributed by atoms with Crippen LogP contribution in [0.2, 0.25) is 10.0 Å². The van der Waals surface area contributed by atoms with Gasteiger partial charge in [-0.15, -0.1) is 11.3 Å². The molecular formula is C14H11Cl2NOS. The summed E-state index contributed by atoms with van der Waals surface area (Å²) in [5, 5.41) is 15.6. The number of nitrogens with zero attached hydrogens (tertiary/aromatic N) is 1. The van der Waals surface area contributed by atoms with Crippen molar-refractivity contribution >= 4 is 40.3 Å². The fourth-order valence-electron chi connectivity index (χ4n) is 2.55. The van der Waals surface area contributed by atoms with Gasteiger partial charge in [0.05, 0.1) is 20.6 Å². The number of fused-ring (bicyclic) bond motifs is 1. The predicted octanol–water partition coefficient (Wildman–Crippen LogP) is 5.16. The van der Waals surface area contributed by atoms with Crippen molar-refractivity contribution < 1.29 is 5.21 Å². The Labute approximate surface area is 125 Å². The van der Waals surface area contributed by atoms with Crippen LogP contribution in [0.15, 0.2) is 34.8 Å². The van der Waals surface area contributed by atoms with Crippen LogP contribution < -0.4 is 0 Å². The minimum Gasteiger partial charge on any atom is -0.411 e. The van der Waals surface area contributed by atoms with Crippen molar-refractivity contribution in [3.63, 3.8) is 0 Å². The van der Waals surface area contributed by atoms with Gasteiger partial charge >= 0.3 is 0 Å². The molecule has 1 unspecified atom stereocenters. The van der Waals surface area contributed by atoms with Crippen molar-refractivity contribution in [3.05, 3.63) is 55.7 Å². The molecule has 0 bridgehead atoms. The van der Waals surface area contributed by atoms with E-state index in [0.29, 0.717) is 16.0 Å². The lowest BCUT2D eigenvalue weighted by molar-refractivity contribution is 0.317. The van der Waals surface area contributed by atoms with Gasteiger partial charge < -0.3 is 5.21 Å². The van der Waals surface area contributed by atoms with Crippen LogP contribution in [0.4, 0.5) is 0 Å². The highest BCUT2D eigenvalue weighted by atomic mass is 35.5. The van der Waals surface area contributed by atoms with E-state index < -0.39 is 0 Å². The molecule has 1 aliphatic carbocycles. The molecule has 2 nitrogen and oxygen atoms in total. The van der Waals surface area contributed by atoms with Gasteiger partial charge in [-0.25, -0.2) is 0 Å². The van der Waals surface area contributed by atoms with E-state index in [-0.39, 0.29) is 0 Å². The summed E-state index contributed by atoms with van der Waals surface area (Å²) in [6.45, 7) is 0. The number of oxime groups is 1. The molecule has 0 saturated heterocycles. The van der Waals surface area contributed by atoms with Crippen LogP contribution in [0.25, 0.3) is 0 Å². The van der Waals surface area contributed by atoms with Gasteiger partial charge in [-0.1, -0.05) is 34.4 Å². The standard InChI is InChI=1S/C14H11Cl2NOS/c15-11-3-1-8(7-12(11)16)9-2-4-13(17-18)14-10(9)5-6-19-14/h1,3,5-7,9,18H,2,4H2. The van der Waals surface area contributed by atoms with Gasteiger partial charge in [0, 0.05) is 5.92 Å². The third-order valence-electron chi connectivity index (χ3n) is 3.47. The second-order valence-electron chi connectivity index (χ2n) is 4.52. The SMILES string of the molecule is ON=C1CCC(c2ccc(Cl)c(Cl)c2)c2ccsc21. The van der Waals surface area contributed by atoms with Crippen LogP contribution in [-0.4, -0.2) is 10.9 Å². The number of hydrogen-bond donors (Lipinski definition) is 1. The van der Waals surface area contributed by atoms with Crippen LogP contribution in [0.5, 0.6) is 0 Å². The Bertz CT molecular complexity index is 651. The molecule has 2 aromatic rings. The molecule has 3 rings (SSSR count). The predicted molar refractivity (Wildman–Crippen MR) is 80.2 cm³/mol. The minimum atomic E-state index is 0.293. The maximum Gasteiger partial charge on any atom is 0.0970 e. The summed E-state index contributed by atoms with van der Waals surface area (Å²) in [7, 11) is 0. The maximum atomic E-state index is 9.05. The van der Waals surface area contributed by atoms with E-state index in [1.165, 1.54) is 5.56 Å². The number of benzene rings is 1. The highest BCUT2D eigenvalue weighted by Crippen LogP contribution is 2.40. The first-order valence-corrected chi connectivity index (χ1v) is 7.58. The molecule has 5 heteroatoms. The number of thiophene rings is 1. The van der Waals surface area contributed by atoms with Crippen LogP contribution in [0, 0.1) is 0 Å². The molecule has 1 heterocycles. The Kier molecular flexibility index (Phi) is 3.52. The molecule has 0 saturated carbocycles.